The third kappa shape index (κ3) is 3.64. The van der Waals surface area contributed by atoms with Gasteiger partial charge in [0.2, 0.25) is 0 Å². The van der Waals surface area contributed by atoms with Crippen molar-refractivity contribution in [2.45, 2.75) is 29.1 Å². The molecule has 3 heterocycles. The van der Waals surface area contributed by atoms with Crippen LogP contribution >= 0.6 is 7.82 Å². The number of hydrogen-bond donors (Lipinski definition) is 5. The van der Waals surface area contributed by atoms with Gasteiger partial charge in [0.15, 0.2) is 0 Å². The number of imidazole rings is 1. The van der Waals surface area contributed by atoms with Crippen LogP contribution in [0.15, 0.2) is 11.1 Å². The molecule has 2 aromatic rings. The van der Waals surface area contributed by atoms with Crippen LogP contribution in [0.3, 0.4) is 0 Å². The third-order valence-electron chi connectivity index (χ3n) is 3.72. The zero-order valence-corrected chi connectivity index (χ0v) is 15.5. The van der Waals surface area contributed by atoms with Crippen molar-refractivity contribution < 1.29 is 28.7 Å². The number of aromatic amines is 1. The fraction of sp³-hybridized carbons (Fsp3) is 0.545. The number of nitrogens with one attached hydrogen (secondary N) is 1. The van der Waals surface area contributed by atoms with Gasteiger partial charge in [-0.05, 0) is 0 Å². The average Bonchev–Trinajstić information content (AvgIpc) is 3.05. The van der Waals surface area contributed by atoms with Gasteiger partial charge in [0.25, 0.3) is 0 Å². The molecular formula is C11H16N5O7PSe. The standard InChI is InChI=1S/C11H16N5O7PSe/c1-25-7-6(17)4(2-22-24(19,20)21)23-10(7)16-3-13-5-8(16)14-11(12)15-9(5)18/h3-4,6-7,10,17H,2H2,1H3,(H2,19,20,21)(H3,12,14,15,18)/t4-,6-,7-,10-/m1/s1. The molecule has 0 saturated carbocycles. The number of hydrogen-bond acceptors (Lipinski definition) is 8. The molecule has 138 valence electrons. The fourth-order valence-electron chi connectivity index (χ4n) is 2.63. The van der Waals surface area contributed by atoms with Crippen molar-refractivity contribution in [2.24, 2.45) is 0 Å². The van der Waals surface area contributed by atoms with E-state index in [9.17, 15) is 14.5 Å². The number of phosphoric ester groups is 1. The molecule has 0 aliphatic carbocycles. The summed E-state index contributed by atoms with van der Waals surface area (Å²) in [5.74, 6) is 1.80. The summed E-state index contributed by atoms with van der Waals surface area (Å²) in [6.45, 7) is -0.475. The Bertz CT molecular complexity index is 881. The van der Waals surface area contributed by atoms with E-state index in [1.165, 1.54) is 10.9 Å². The fourth-order valence-corrected chi connectivity index (χ4v) is 4.83. The predicted molar refractivity (Wildman–Crippen MR) is 85.8 cm³/mol. The van der Waals surface area contributed by atoms with Crippen LogP contribution < -0.4 is 11.3 Å². The van der Waals surface area contributed by atoms with Gasteiger partial charge in [-0.1, -0.05) is 0 Å². The third-order valence-corrected chi connectivity index (χ3v) is 6.42. The molecule has 14 heteroatoms. The van der Waals surface area contributed by atoms with Crippen LogP contribution in [-0.4, -0.2) is 68.2 Å². The van der Waals surface area contributed by atoms with Gasteiger partial charge in [-0.15, -0.1) is 0 Å². The number of nitrogens with zero attached hydrogens (tertiary/aromatic N) is 3. The SMILES string of the molecule is C[Se][C@@H]1[C@H](O)[C@@H](COP(=O)(O)O)O[C@H]1n1cnc2c(=O)[nH]c(N)nc21. The van der Waals surface area contributed by atoms with Crippen molar-refractivity contribution in [3.63, 3.8) is 0 Å². The number of phosphoric acid groups is 1. The maximum absolute atomic E-state index is 11.9. The Kier molecular flexibility index (Phi) is 5.02. The molecule has 3 rings (SSSR count). The molecule has 0 radical (unpaired) electrons. The van der Waals surface area contributed by atoms with Crippen LogP contribution in [0, 0.1) is 0 Å². The number of ether oxygens (including phenoxy) is 1. The number of rotatable bonds is 5. The van der Waals surface area contributed by atoms with Crippen molar-refractivity contribution in [2.75, 3.05) is 12.3 Å². The summed E-state index contributed by atoms with van der Waals surface area (Å²) in [6, 6.07) is 0. The van der Waals surface area contributed by atoms with Crippen LogP contribution in [0.25, 0.3) is 11.2 Å². The normalized spacial score (nSPS) is 27.2. The summed E-state index contributed by atoms with van der Waals surface area (Å²) < 4.78 is 22.5. The Labute approximate surface area is 146 Å². The van der Waals surface area contributed by atoms with E-state index in [1.54, 1.807) is 0 Å². The Balaban J connectivity index is 1.94. The van der Waals surface area contributed by atoms with Crippen molar-refractivity contribution in [1.82, 2.24) is 19.5 Å². The summed E-state index contributed by atoms with van der Waals surface area (Å²) in [5, 5.41) is 10.4. The van der Waals surface area contributed by atoms with E-state index in [2.05, 4.69) is 19.5 Å². The van der Waals surface area contributed by atoms with Crippen LogP contribution in [0.2, 0.25) is 10.6 Å². The van der Waals surface area contributed by atoms with Gasteiger partial charge in [-0.2, -0.15) is 0 Å². The Morgan fingerprint density at radius 3 is 2.92 bits per heavy atom. The number of aromatic nitrogens is 4. The zero-order valence-electron chi connectivity index (χ0n) is 12.8. The second kappa shape index (κ2) is 6.78. The Morgan fingerprint density at radius 2 is 2.28 bits per heavy atom. The van der Waals surface area contributed by atoms with Gasteiger partial charge in [0.1, 0.15) is 0 Å². The number of nitrogens with two attached hydrogens (primary N) is 1. The molecule has 0 unspecified atom stereocenters. The first-order valence-corrected chi connectivity index (χ1v) is 11.2. The molecule has 0 aromatic carbocycles. The van der Waals surface area contributed by atoms with E-state index in [0.29, 0.717) is 0 Å². The van der Waals surface area contributed by atoms with Crippen molar-refractivity contribution >= 4 is 39.9 Å². The van der Waals surface area contributed by atoms with Crippen LogP contribution in [-0.2, 0) is 13.8 Å². The quantitative estimate of drug-likeness (QED) is 0.274. The van der Waals surface area contributed by atoms with Crippen molar-refractivity contribution in [1.29, 1.82) is 0 Å². The van der Waals surface area contributed by atoms with Gasteiger partial charge in [-0.3, -0.25) is 0 Å². The van der Waals surface area contributed by atoms with Gasteiger partial charge in [0.05, 0.1) is 0 Å². The number of anilines is 1. The number of aliphatic hydroxyl groups excluding tert-OH is 1. The second-order valence-electron chi connectivity index (χ2n) is 5.32. The molecule has 4 atom stereocenters. The van der Waals surface area contributed by atoms with E-state index in [0.717, 1.165) is 0 Å². The molecule has 1 fully saturated rings. The maximum atomic E-state index is 11.9. The van der Waals surface area contributed by atoms with Crippen molar-refractivity contribution in [3.05, 3.63) is 16.7 Å². The molecular weight excluding hydrogens is 424 g/mol. The van der Waals surface area contributed by atoms with Gasteiger partial charge in [0, 0.05) is 0 Å². The van der Waals surface area contributed by atoms with E-state index in [4.69, 9.17) is 20.3 Å². The molecule has 25 heavy (non-hydrogen) atoms. The molecule has 12 nitrogen and oxygen atoms in total. The van der Waals surface area contributed by atoms with Crippen LogP contribution in [0.4, 0.5) is 5.95 Å². The average molecular weight is 440 g/mol. The Morgan fingerprint density at radius 1 is 1.56 bits per heavy atom. The molecule has 6 N–H and O–H groups in total. The summed E-state index contributed by atoms with van der Waals surface area (Å²) in [7, 11) is -4.68. The van der Waals surface area contributed by atoms with Gasteiger partial charge in [-0.25, -0.2) is 0 Å². The molecule has 0 amide bonds. The van der Waals surface area contributed by atoms with E-state index < -0.39 is 38.4 Å². The van der Waals surface area contributed by atoms with E-state index >= 15 is 0 Å². The van der Waals surface area contributed by atoms with Crippen LogP contribution in [0.1, 0.15) is 6.23 Å². The zero-order chi connectivity index (χ0) is 18.4. The van der Waals surface area contributed by atoms with Crippen molar-refractivity contribution in [3.8, 4) is 0 Å². The Hall–Kier alpha value is -1.30. The van der Waals surface area contributed by atoms with Gasteiger partial charge < -0.3 is 0 Å². The predicted octanol–water partition coefficient (Wildman–Crippen LogP) is -1.39. The molecule has 0 bridgehead atoms. The van der Waals surface area contributed by atoms with E-state index in [-0.39, 0.29) is 36.9 Å². The summed E-state index contributed by atoms with van der Waals surface area (Å²) >= 11 is -0.0930. The minimum atomic E-state index is -4.68. The van der Waals surface area contributed by atoms with Crippen LogP contribution in [0.5, 0.6) is 0 Å². The van der Waals surface area contributed by atoms with E-state index in [1.807, 2.05) is 5.82 Å². The summed E-state index contributed by atoms with van der Waals surface area (Å²) in [5.41, 5.74) is 5.34. The molecule has 1 saturated heterocycles. The monoisotopic (exact) mass is 441 g/mol. The number of nitrogen functional groups attached to an aromatic ring is 1. The van der Waals surface area contributed by atoms with Gasteiger partial charge >= 0.3 is 146 Å². The molecule has 1 aliphatic rings. The first-order chi connectivity index (χ1) is 11.7. The summed E-state index contributed by atoms with van der Waals surface area (Å²) in [4.78, 5) is 39.5. The first kappa shape index (κ1) is 18.5. The first-order valence-electron chi connectivity index (χ1n) is 7.00. The summed E-state index contributed by atoms with van der Waals surface area (Å²) in [6.07, 6.45) is -1.31. The minimum absolute atomic E-state index is 0.0737. The topological polar surface area (TPSA) is 186 Å². The second-order valence-corrected chi connectivity index (χ2v) is 8.69. The molecule has 2 aromatic heterocycles. The molecule has 1 aliphatic heterocycles. The number of H-pyrrole nitrogens is 1. The number of aliphatic hydroxyl groups is 1. The number of fused-ring (bicyclic) bond motifs is 1. The molecule has 0 spiro atoms.